The molecule has 0 radical (unpaired) electrons. The van der Waals surface area contributed by atoms with Crippen LogP contribution in [0.5, 0.6) is 0 Å². The second-order valence-corrected chi connectivity index (χ2v) is 4.32. The highest BCUT2D eigenvalue weighted by atomic mass is 19.1. The Balaban J connectivity index is 2.05. The number of halogens is 1. The minimum atomic E-state index is -0.301. The minimum Gasteiger partial charge on any atom is -0.337 e. The van der Waals surface area contributed by atoms with Gasteiger partial charge in [-0.25, -0.2) is 9.37 Å². The summed E-state index contributed by atoms with van der Waals surface area (Å²) in [5.74, 6) is 0.211. The molecule has 4 heteroatoms. The molecule has 0 atom stereocenters. The van der Waals surface area contributed by atoms with Gasteiger partial charge in [-0.05, 0) is 35.9 Å². The number of para-hydroxylation sites is 2. The van der Waals surface area contributed by atoms with E-state index in [1.54, 1.807) is 18.2 Å². The summed E-state index contributed by atoms with van der Waals surface area (Å²) in [6, 6.07) is 15.7. The molecule has 0 saturated carbocycles. The van der Waals surface area contributed by atoms with Crippen molar-refractivity contribution in [2.75, 3.05) is 0 Å². The number of aromatic nitrogens is 2. The average Bonchev–Trinajstić information content (AvgIpc) is 2.90. The first-order chi connectivity index (χ1) is 9.76. The molecular formula is C16H10FN3. The van der Waals surface area contributed by atoms with Crippen LogP contribution >= 0.6 is 0 Å². The number of imidazole rings is 1. The van der Waals surface area contributed by atoms with E-state index in [1.165, 1.54) is 12.1 Å². The van der Waals surface area contributed by atoms with E-state index in [4.69, 9.17) is 0 Å². The predicted molar refractivity (Wildman–Crippen MR) is 76.0 cm³/mol. The lowest BCUT2D eigenvalue weighted by atomic mass is 10.1. The van der Waals surface area contributed by atoms with E-state index < -0.39 is 0 Å². The summed E-state index contributed by atoms with van der Waals surface area (Å²) in [4.78, 5) is 7.48. The second kappa shape index (κ2) is 4.98. The third kappa shape index (κ3) is 2.29. The lowest BCUT2D eigenvalue weighted by molar-refractivity contribution is 0.628. The lowest BCUT2D eigenvalue weighted by Gasteiger charge is -1.95. The van der Waals surface area contributed by atoms with Gasteiger partial charge in [-0.1, -0.05) is 24.3 Å². The molecule has 1 heterocycles. The first-order valence-electron chi connectivity index (χ1n) is 6.09. The molecule has 20 heavy (non-hydrogen) atoms. The van der Waals surface area contributed by atoms with Crippen LogP contribution in [0.25, 0.3) is 22.7 Å². The summed E-state index contributed by atoms with van der Waals surface area (Å²) >= 11 is 0. The van der Waals surface area contributed by atoms with Crippen LogP contribution in [0.4, 0.5) is 4.39 Å². The zero-order chi connectivity index (χ0) is 13.9. The fourth-order valence-corrected chi connectivity index (χ4v) is 1.96. The number of H-pyrrole nitrogens is 1. The molecule has 0 fully saturated rings. The normalized spacial score (nSPS) is 11.5. The first kappa shape index (κ1) is 12.1. The lowest BCUT2D eigenvalue weighted by Crippen LogP contribution is -1.85. The largest absolute Gasteiger partial charge is 0.337 e. The highest BCUT2D eigenvalue weighted by Crippen LogP contribution is 2.19. The molecule has 0 aliphatic rings. The van der Waals surface area contributed by atoms with Gasteiger partial charge in [0.2, 0.25) is 0 Å². The Bertz CT molecular complexity index is 790. The summed E-state index contributed by atoms with van der Waals surface area (Å²) in [7, 11) is 0. The maximum absolute atomic E-state index is 12.9. The fraction of sp³-hybridized carbons (Fsp3) is 0. The summed E-state index contributed by atoms with van der Waals surface area (Å²) in [5.41, 5.74) is 2.85. The van der Waals surface area contributed by atoms with Gasteiger partial charge in [0.25, 0.3) is 0 Å². The fourth-order valence-electron chi connectivity index (χ4n) is 1.96. The van der Waals surface area contributed by atoms with Gasteiger partial charge in [0, 0.05) is 0 Å². The molecule has 0 aliphatic carbocycles. The molecule has 96 valence electrons. The summed E-state index contributed by atoms with van der Waals surface area (Å²) in [6.45, 7) is 0. The zero-order valence-corrected chi connectivity index (χ0v) is 10.5. The van der Waals surface area contributed by atoms with E-state index in [0.29, 0.717) is 11.4 Å². The minimum absolute atomic E-state index is 0.301. The molecule has 3 nitrogen and oxygen atoms in total. The van der Waals surface area contributed by atoms with Crippen molar-refractivity contribution in [1.82, 2.24) is 9.97 Å². The Kier molecular flexibility index (Phi) is 3.02. The number of hydrogen-bond acceptors (Lipinski definition) is 2. The molecule has 0 unspecified atom stereocenters. The predicted octanol–water partition coefficient (Wildman–Crippen LogP) is 3.77. The van der Waals surface area contributed by atoms with E-state index >= 15 is 0 Å². The summed E-state index contributed by atoms with van der Waals surface area (Å²) in [5, 5.41) is 9.27. The van der Waals surface area contributed by atoms with E-state index in [0.717, 1.165) is 16.6 Å². The number of hydrogen-bond donors (Lipinski definition) is 1. The maximum Gasteiger partial charge on any atom is 0.149 e. The number of benzene rings is 2. The van der Waals surface area contributed by atoms with Crippen LogP contribution in [0.1, 0.15) is 11.4 Å². The molecule has 1 N–H and O–H groups in total. The topological polar surface area (TPSA) is 52.5 Å². The Labute approximate surface area is 115 Å². The van der Waals surface area contributed by atoms with Gasteiger partial charge in [-0.3, -0.25) is 0 Å². The summed E-state index contributed by atoms with van der Waals surface area (Å²) in [6.07, 6.45) is 1.68. The van der Waals surface area contributed by atoms with Gasteiger partial charge in [0.05, 0.1) is 16.6 Å². The number of rotatable bonds is 2. The molecule has 3 aromatic rings. The number of fused-ring (bicyclic) bond motifs is 1. The molecule has 0 bridgehead atoms. The SMILES string of the molecule is N#C/C(=C\c1ccc(F)cc1)c1nc2ccccc2[nH]1. The first-order valence-corrected chi connectivity index (χ1v) is 6.09. The number of nitrogens with one attached hydrogen (secondary N) is 1. The van der Waals surface area contributed by atoms with E-state index in [9.17, 15) is 9.65 Å². The Hall–Kier alpha value is -2.93. The van der Waals surface area contributed by atoms with Crippen molar-refractivity contribution in [1.29, 1.82) is 5.26 Å². The molecule has 3 rings (SSSR count). The highest BCUT2D eigenvalue weighted by molar-refractivity contribution is 5.90. The van der Waals surface area contributed by atoms with Crippen LogP contribution in [0.2, 0.25) is 0 Å². The molecule has 0 saturated heterocycles. The maximum atomic E-state index is 12.9. The third-order valence-electron chi connectivity index (χ3n) is 2.95. The summed E-state index contributed by atoms with van der Waals surface area (Å²) < 4.78 is 12.9. The average molecular weight is 263 g/mol. The quantitative estimate of drug-likeness (QED) is 0.715. The third-order valence-corrected chi connectivity index (χ3v) is 2.95. The van der Waals surface area contributed by atoms with Crippen LogP contribution in [0, 0.1) is 17.1 Å². The van der Waals surface area contributed by atoms with Crippen molar-refractivity contribution in [3.8, 4) is 6.07 Å². The smallest absolute Gasteiger partial charge is 0.149 e. The zero-order valence-electron chi connectivity index (χ0n) is 10.5. The van der Waals surface area contributed by atoms with Crippen molar-refractivity contribution in [3.05, 3.63) is 65.7 Å². The molecule has 2 aromatic carbocycles. The molecule has 0 amide bonds. The van der Waals surface area contributed by atoms with Crippen molar-refractivity contribution in [3.63, 3.8) is 0 Å². The Morgan fingerprint density at radius 1 is 1.15 bits per heavy atom. The molecule has 0 aliphatic heterocycles. The molecular weight excluding hydrogens is 253 g/mol. The standard InChI is InChI=1S/C16H10FN3/c17-13-7-5-11(6-8-13)9-12(10-18)16-19-14-3-1-2-4-15(14)20-16/h1-9H,(H,19,20)/b12-9+. The van der Waals surface area contributed by atoms with Crippen molar-refractivity contribution in [2.45, 2.75) is 0 Å². The van der Waals surface area contributed by atoms with Crippen molar-refractivity contribution >= 4 is 22.7 Å². The van der Waals surface area contributed by atoms with Gasteiger partial charge in [0.15, 0.2) is 0 Å². The van der Waals surface area contributed by atoms with E-state index in [-0.39, 0.29) is 5.82 Å². The van der Waals surface area contributed by atoms with Gasteiger partial charge in [-0.2, -0.15) is 5.26 Å². The van der Waals surface area contributed by atoms with E-state index in [1.807, 2.05) is 24.3 Å². The van der Waals surface area contributed by atoms with Crippen LogP contribution in [0.15, 0.2) is 48.5 Å². The van der Waals surface area contributed by atoms with Gasteiger partial charge in [-0.15, -0.1) is 0 Å². The van der Waals surface area contributed by atoms with Gasteiger partial charge < -0.3 is 4.98 Å². The molecule has 0 spiro atoms. The van der Waals surface area contributed by atoms with Crippen molar-refractivity contribution in [2.24, 2.45) is 0 Å². The van der Waals surface area contributed by atoms with Crippen LogP contribution in [-0.4, -0.2) is 9.97 Å². The van der Waals surface area contributed by atoms with Gasteiger partial charge >= 0.3 is 0 Å². The number of nitrogens with zero attached hydrogens (tertiary/aromatic N) is 2. The van der Waals surface area contributed by atoms with E-state index in [2.05, 4.69) is 16.0 Å². The van der Waals surface area contributed by atoms with Crippen molar-refractivity contribution < 1.29 is 4.39 Å². The molecule has 1 aromatic heterocycles. The highest BCUT2D eigenvalue weighted by Gasteiger charge is 2.07. The monoisotopic (exact) mass is 263 g/mol. The Morgan fingerprint density at radius 2 is 1.90 bits per heavy atom. The number of nitriles is 1. The second-order valence-electron chi connectivity index (χ2n) is 4.32. The van der Waals surface area contributed by atoms with Crippen LogP contribution in [0.3, 0.4) is 0 Å². The van der Waals surface area contributed by atoms with Crippen LogP contribution in [-0.2, 0) is 0 Å². The number of aromatic amines is 1. The van der Waals surface area contributed by atoms with Gasteiger partial charge in [0.1, 0.15) is 17.7 Å². The van der Waals surface area contributed by atoms with Crippen LogP contribution < -0.4 is 0 Å². The number of allylic oxidation sites excluding steroid dienone is 1. The Morgan fingerprint density at radius 3 is 2.60 bits per heavy atom.